The molecule has 0 unspecified atom stereocenters. The van der Waals surface area contributed by atoms with Crippen LogP contribution < -0.4 is 5.43 Å². The molecule has 0 aliphatic heterocycles. The first-order valence-corrected chi connectivity index (χ1v) is 9.70. The van der Waals surface area contributed by atoms with Crippen LogP contribution in [-0.4, -0.2) is 0 Å². The first-order chi connectivity index (χ1) is 12.5. The number of rotatable bonds is 0. The number of fused-ring (bicyclic) bond motifs is 4. The van der Waals surface area contributed by atoms with Gasteiger partial charge in [-0.1, -0.05) is 23.7 Å². The summed E-state index contributed by atoms with van der Waals surface area (Å²) < 4.78 is 1.99. The van der Waals surface area contributed by atoms with Crippen molar-refractivity contribution in [1.29, 1.82) is 0 Å². The van der Waals surface area contributed by atoms with Crippen LogP contribution in [0.15, 0.2) is 59.4 Å². The summed E-state index contributed by atoms with van der Waals surface area (Å²) in [6, 6.07) is 18.6. The summed E-state index contributed by atoms with van der Waals surface area (Å²) >= 11 is 7.74. The highest BCUT2D eigenvalue weighted by atomic mass is 35.5. The zero-order valence-electron chi connectivity index (χ0n) is 14.4. The molecular formula is C23H15ClOS. The average Bonchev–Trinajstić information content (AvgIpc) is 2.61. The highest BCUT2D eigenvalue weighted by Gasteiger charge is 2.09. The number of aryl methyl sites for hydroxylation is 2. The fourth-order valence-corrected chi connectivity index (χ4v) is 4.86. The van der Waals surface area contributed by atoms with E-state index in [1.165, 1.54) is 21.9 Å². The number of hydrogen-bond acceptors (Lipinski definition) is 2. The quantitative estimate of drug-likeness (QED) is 0.267. The van der Waals surface area contributed by atoms with E-state index in [2.05, 4.69) is 44.2 Å². The van der Waals surface area contributed by atoms with Gasteiger partial charge in [-0.2, -0.15) is 0 Å². The molecule has 1 heterocycles. The Bertz CT molecular complexity index is 1430. The van der Waals surface area contributed by atoms with Gasteiger partial charge in [-0.05, 0) is 89.0 Å². The molecule has 0 saturated heterocycles. The van der Waals surface area contributed by atoms with Gasteiger partial charge in [-0.25, -0.2) is 0 Å². The Balaban J connectivity index is 1.93. The van der Waals surface area contributed by atoms with E-state index in [-0.39, 0.29) is 5.43 Å². The molecule has 0 saturated carbocycles. The lowest BCUT2D eigenvalue weighted by Gasteiger charge is -2.08. The third-order valence-corrected chi connectivity index (χ3v) is 6.53. The predicted octanol–water partition coefficient (Wildman–Crippen LogP) is 6.99. The molecule has 0 amide bonds. The first-order valence-electron chi connectivity index (χ1n) is 8.50. The summed E-state index contributed by atoms with van der Waals surface area (Å²) in [6.45, 7) is 4.27. The maximum Gasteiger partial charge on any atom is 0.195 e. The smallest absolute Gasteiger partial charge is 0.195 e. The van der Waals surface area contributed by atoms with E-state index in [1.54, 1.807) is 17.4 Å². The summed E-state index contributed by atoms with van der Waals surface area (Å²) in [4.78, 5) is 13.0. The SMILES string of the molecule is Cc1cc2cc3cc4sc5ccc(Cl)cc5c(=O)c4cc3cc2cc1C. The number of halogens is 1. The van der Waals surface area contributed by atoms with Gasteiger partial charge in [0.25, 0.3) is 0 Å². The Labute approximate surface area is 159 Å². The van der Waals surface area contributed by atoms with Crippen LogP contribution in [0, 0.1) is 13.8 Å². The molecule has 0 spiro atoms. The molecule has 0 bridgehead atoms. The fraction of sp³-hybridized carbons (Fsp3) is 0.0870. The average molecular weight is 375 g/mol. The second-order valence-corrected chi connectivity index (χ2v) is 8.42. The van der Waals surface area contributed by atoms with Crippen molar-refractivity contribution in [2.24, 2.45) is 0 Å². The van der Waals surface area contributed by atoms with E-state index < -0.39 is 0 Å². The van der Waals surface area contributed by atoms with E-state index in [1.807, 2.05) is 18.2 Å². The lowest BCUT2D eigenvalue weighted by molar-refractivity contribution is 1.37. The molecular weight excluding hydrogens is 360 g/mol. The maximum atomic E-state index is 13.0. The van der Waals surface area contributed by atoms with Crippen molar-refractivity contribution in [3.05, 3.63) is 81.0 Å². The third-order valence-electron chi connectivity index (χ3n) is 5.16. The Kier molecular flexibility index (Phi) is 3.37. The number of hydrogen-bond donors (Lipinski definition) is 0. The minimum atomic E-state index is 0.0540. The van der Waals surface area contributed by atoms with E-state index in [9.17, 15) is 4.79 Å². The van der Waals surface area contributed by atoms with Gasteiger partial charge in [0.05, 0.1) is 0 Å². The fourth-order valence-electron chi connectivity index (χ4n) is 3.60. The van der Waals surface area contributed by atoms with Crippen LogP contribution in [0.25, 0.3) is 41.7 Å². The second kappa shape index (κ2) is 5.54. The molecule has 0 atom stereocenters. The molecule has 0 radical (unpaired) electrons. The molecule has 4 aromatic carbocycles. The van der Waals surface area contributed by atoms with Crippen LogP contribution >= 0.6 is 22.9 Å². The monoisotopic (exact) mass is 374 g/mol. The molecule has 126 valence electrons. The van der Waals surface area contributed by atoms with Crippen LogP contribution in [0.4, 0.5) is 0 Å². The molecule has 0 N–H and O–H groups in total. The van der Waals surface area contributed by atoms with Crippen LogP contribution in [0.3, 0.4) is 0 Å². The van der Waals surface area contributed by atoms with Crippen molar-refractivity contribution in [3.8, 4) is 0 Å². The highest BCUT2D eigenvalue weighted by Crippen LogP contribution is 2.32. The predicted molar refractivity (Wildman–Crippen MR) is 115 cm³/mol. The second-order valence-electron chi connectivity index (χ2n) is 6.90. The summed E-state index contributed by atoms with van der Waals surface area (Å²) in [6.07, 6.45) is 0. The largest absolute Gasteiger partial charge is 0.289 e. The standard InChI is InChI=1S/C23H15ClOS/c1-12-5-14-7-16-9-19-22(10-17(16)8-15(14)6-13(12)2)26-21-4-3-18(24)11-20(21)23(19)25/h3-11H,1-2H3. The lowest BCUT2D eigenvalue weighted by atomic mass is 9.98. The van der Waals surface area contributed by atoms with Gasteiger partial charge >= 0.3 is 0 Å². The Morgan fingerprint density at radius 2 is 1.27 bits per heavy atom. The third kappa shape index (κ3) is 2.33. The molecule has 0 fully saturated rings. The van der Waals surface area contributed by atoms with Crippen molar-refractivity contribution >= 4 is 64.7 Å². The van der Waals surface area contributed by atoms with Gasteiger partial charge in [0.15, 0.2) is 5.43 Å². The van der Waals surface area contributed by atoms with Gasteiger partial charge in [0.1, 0.15) is 0 Å². The number of benzene rings is 4. The van der Waals surface area contributed by atoms with E-state index in [0.717, 1.165) is 25.6 Å². The normalized spacial score (nSPS) is 11.8. The van der Waals surface area contributed by atoms with E-state index in [4.69, 9.17) is 11.6 Å². The Morgan fingerprint density at radius 1 is 0.692 bits per heavy atom. The van der Waals surface area contributed by atoms with Crippen molar-refractivity contribution in [2.75, 3.05) is 0 Å². The van der Waals surface area contributed by atoms with Gasteiger partial charge in [-0.15, -0.1) is 11.3 Å². The van der Waals surface area contributed by atoms with Crippen molar-refractivity contribution in [2.45, 2.75) is 13.8 Å². The van der Waals surface area contributed by atoms with Gasteiger partial charge in [0.2, 0.25) is 0 Å². The minimum absolute atomic E-state index is 0.0540. The van der Waals surface area contributed by atoms with Crippen molar-refractivity contribution < 1.29 is 0 Å². The zero-order valence-corrected chi connectivity index (χ0v) is 16.0. The lowest BCUT2D eigenvalue weighted by Crippen LogP contribution is -2.00. The van der Waals surface area contributed by atoms with Crippen molar-refractivity contribution in [3.63, 3.8) is 0 Å². The first kappa shape index (κ1) is 15.8. The zero-order chi connectivity index (χ0) is 18.0. The van der Waals surface area contributed by atoms with E-state index >= 15 is 0 Å². The van der Waals surface area contributed by atoms with E-state index in [0.29, 0.717) is 10.4 Å². The summed E-state index contributed by atoms with van der Waals surface area (Å²) in [5, 5.41) is 6.76. The molecule has 3 heteroatoms. The summed E-state index contributed by atoms with van der Waals surface area (Å²) in [7, 11) is 0. The van der Waals surface area contributed by atoms with Crippen LogP contribution in [0.1, 0.15) is 11.1 Å². The molecule has 1 nitrogen and oxygen atoms in total. The van der Waals surface area contributed by atoms with Gasteiger partial charge < -0.3 is 0 Å². The summed E-state index contributed by atoms with van der Waals surface area (Å²) in [5.41, 5.74) is 2.63. The topological polar surface area (TPSA) is 17.1 Å². The van der Waals surface area contributed by atoms with Gasteiger partial charge in [0, 0.05) is 25.2 Å². The van der Waals surface area contributed by atoms with Gasteiger partial charge in [-0.3, -0.25) is 4.79 Å². The molecule has 0 aliphatic rings. The highest BCUT2D eigenvalue weighted by molar-refractivity contribution is 7.24. The van der Waals surface area contributed by atoms with Crippen LogP contribution in [0.2, 0.25) is 5.02 Å². The van der Waals surface area contributed by atoms with Crippen molar-refractivity contribution in [1.82, 2.24) is 0 Å². The molecule has 5 rings (SSSR count). The molecule has 0 aliphatic carbocycles. The van der Waals surface area contributed by atoms with Crippen LogP contribution in [-0.2, 0) is 0 Å². The maximum absolute atomic E-state index is 13.0. The van der Waals surface area contributed by atoms with Crippen LogP contribution in [0.5, 0.6) is 0 Å². The summed E-state index contributed by atoms with van der Waals surface area (Å²) in [5.74, 6) is 0. The molecule has 5 aromatic rings. The Hall–Kier alpha value is -2.42. The Morgan fingerprint density at radius 3 is 1.96 bits per heavy atom. The molecule has 26 heavy (non-hydrogen) atoms. The minimum Gasteiger partial charge on any atom is -0.289 e. The molecule has 1 aromatic heterocycles.